The highest BCUT2D eigenvalue weighted by Gasteiger charge is 2.14. The summed E-state index contributed by atoms with van der Waals surface area (Å²) in [5.41, 5.74) is 7.82. The SMILES string of the molecule is NCC(O)c1ccc(C2CCCCCC2)cc1. The van der Waals surface area contributed by atoms with Crippen LogP contribution in [0.15, 0.2) is 24.3 Å². The molecule has 17 heavy (non-hydrogen) atoms. The van der Waals surface area contributed by atoms with Crippen molar-refractivity contribution in [2.24, 2.45) is 5.73 Å². The Hall–Kier alpha value is -0.860. The van der Waals surface area contributed by atoms with E-state index in [1.165, 1.54) is 44.1 Å². The van der Waals surface area contributed by atoms with E-state index in [9.17, 15) is 5.11 Å². The van der Waals surface area contributed by atoms with Crippen molar-refractivity contribution < 1.29 is 5.11 Å². The highest BCUT2D eigenvalue weighted by atomic mass is 16.3. The lowest BCUT2D eigenvalue weighted by molar-refractivity contribution is 0.186. The molecule has 3 N–H and O–H groups in total. The Bertz CT molecular complexity index is 325. The number of rotatable bonds is 3. The van der Waals surface area contributed by atoms with Crippen molar-refractivity contribution in [3.8, 4) is 0 Å². The van der Waals surface area contributed by atoms with Gasteiger partial charge in [-0.15, -0.1) is 0 Å². The van der Waals surface area contributed by atoms with Gasteiger partial charge in [-0.05, 0) is 29.9 Å². The van der Waals surface area contributed by atoms with Crippen LogP contribution in [0.2, 0.25) is 0 Å². The van der Waals surface area contributed by atoms with Crippen molar-refractivity contribution in [1.82, 2.24) is 0 Å². The number of aliphatic hydroxyl groups excluding tert-OH is 1. The van der Waals surface area contributed by atoms with E-state index in [0.29, 0.717) is 6.54 Å². The van der Waals surface area contributed by atoms with Crippen molar-refractivity contribution in [3.05, 3.63) is 35.4 Å². The molecule has 1 aliphatic rings. The third-order valence-electron chi connectivity index (χ3n) is 3.87. The summed E-state index contributed by atoms with van der Waals surface area (Å²) in [6, 6.07) is 8.39. The van der Waals surface area contributed by atoms with Crippen molar-refractivity contribution in [2.45, 2.75) is 50.5 Å². The van der Waals surface area contributed by atoms with E-state index in [4.69, 9.17) is 5.73 Å². The fourth-order valence-corrected chi connectivity index (χ4v) is 2.74. The van der Waals surface area contributed by atoms with Crippen molar-refractivity contribution in [2.75, 3.05) is 6.54 Å². The van der Waals surface area contributed by atoms with Gasteiger partial charge >= 0.3 is 0 Å². The predicted molar refractivity (Wildman–Crippen MR) is 70.9 cm³/mol. The van der Waals surface area contributed by atoms with E-state index in [1.54, 1.807) is 0 Å². The summed E-state index contributed by atoms with van der Waals surface area (Å²) in [6.07, 6.45) is 7.62. The van der Waals surface area contributed by atoms with Crippen LogP contribution in [0.4, 0.5) is 0 Å². The first kappa shape index (κ1) is 12.6. The third-order valence-corrected chi connectivity index (χ3v) is 3.87. The highest BCUT2D eigenvalue weighted by Crippen LogP contribution is 2.31. The predicted octanol–water partition coefficient (Wildman–Crippen LogP) is 3.12. The molecular weight excluding hydrogens is 210 g/mol. The summed E-state index contributed by atoms with van der Waals surface area (Å²) in [5, 5.41) is 9.65. The van der Waals surface area contributed by atoms with Gasteiger partial charge in [0.05, 0.1) is 6.10 Å². The van der Waals surface area contributed by atoms with Gasteiger partial charge in [0.25, 0.3) is 0 Å². The number of nitrogens with two attached hydrogens (primary N) is 1. The Morgan fingerprint density at radius 1 is 1.06 bits per heavy atom. The molecule has 0 amide bonds. The zero-order chi connectivity index (χ0) is 12.1. The minimum Gasteiger partial charge on any atom is -0.387 e. The van der Waals surface area contributed by atoms with E-state index >= 15 is 0 Å². The Morgan fingerprint density at radius 2 is 1.65 bits per heavy atom. The number of hydrogen-bond donors (Lipinski definition) is 2. The minimum atomic E-state index is -0.516. The number of aliphatic hydroxyl groups is 1. The van der Waals surface area contributed by atoms with Crippen LogP contribution in [0, 0.1) is 0 Å². The molecule has 1 atom stereocenters. The van der Waals surface area contributed by atoms with E-state index < -0.39 is 6.10 Å². The zero-order valence-corrected chi connectivity index (χ0v) is 10.4. The van der Waals surface area contributed by atoms with Crippen LogP contribution >= 0.6 is 0 Å². The largest absolute Gasteiger partial charge is 0.387 e. The molecule has 2 nitrogen and oxygen atoms in total. The van der Waals surface area contributed by atoms with E-state index in [-0.39, 0.29) is 0 Å². The maximum atomic E-state index is 9.65. The Balaban J connectivity index is 2.05. The fraction of sp³-hybridized carbons (Fsp3) is 0.600. The highest BCUT2D eigenvalue weighted by molar-refractivity contribution is 5.27. The second kappa shape index (κ2) is 6.18. The van der Waals surface area contributed by atoms with Crippen molar-refractivity contribution in [1.29, 1.82) is 0 Å². The number of benzene rings is 1. The summed E-state index contributed by atoms with van der Waals surface area (Å²) in [5.74, 6) is 0.724. The summed E-state index contributed by atoms with van der Waals surface area (Å²) in [7, 11) is 0. The lowest BCUT2D eigenvalue weighted by Gasteiger charge is -2.16. The first-order chi connectivity index (χ1) is 8.31. The molecule has 1 aromatic carbocycles. The monoisotopic (exact) mass is 233 g/mol. The van der Waals surface area contributed by atoms with E-state index in [0.717, 1.165) is 11.5 Å². The smallest absolute Gasteiger partial charge is 0.0912 e. The van der Waals surface area contributed by atoms with E-state index in [1.807, 2.05) is 12.1 Å². The van der Waals surface area contributed by atoms with Crippen LogP contribution in [0.1, 0.15) is 61.7 Å². The van der Waals surface area contributed by atoms with Gasteiger partial charge in [-0.3, -0.25) is 0 Å². The molecule has 1 aromatic rings. The number of hydrogen-bond acceptors (Lipinski definition) is 2. The van der Waals surface area contributed by atoms with Crippen LogP contribution in [0.3, 0.4) is 0 Å². The van der Waals surface area contributed by atoms with Crippen LogP contribution in [-0.2, 0) is 0 Å². The second-order valence-electron chi connectivity index (χ2n) is 5.11. The van der Waals surface area contributed by atoms with Crippen molar-refractivity contribution in [3.63, 3.8) is 0 Å². The molecule has 2 heteroatoms. The molecule has 1 aliphatic carbocycles. The van der Waals surface area contributed by atoms with Gasteiger partial charge in [0.1, 0.15) is 0 Å². The molecule has 0 spiro atoms. The van der Waals surface area contributed by atoms with Crippen LogP contribution in [-0.4, -0.2) is 11.7 Å². The van der Waals surface area contributed by atoms with Gasteiger partial charge in [-0.2, -0.15) is 0 Å². The summed E-state index contributed by atoms with van der Waals surface area (Å²) < 4.78 is 0. The molecule has 0 aromatic heterocycles. The summed E-state index contributed by atoms with van der Waals surface area (Å²) >= 11 is 0. The molecule has 1 fully saturated rings. The van der Waals surface area contributed by atoms with Gasteiger partial charge in [0.2, 0.25) is 0 Å². The molecule has 0 radical (unpaired) electrons. The molecule has 0 bridgehead atoms. The molecule has 94 valence electrons. The molecular formula is C15H23NO. The molecule has 2 rings (SSSR count). The van der Waals surface area contributed by atoms with E-state index in [2.05, 4.69) is 12.1 Å². The normalized spacial score (nSPS) is 19.9. The Morgan fingerprint density at radius 3 is 2.18 bits per heavy atom. The van der Waals surface area contributed by atoms with Crippen LogP contribution in [0.5, 0.6) is 0 Å². The molecule has 0 heterocycles. The van der Waals surface area contributed by atoms with Gasteiger partial charge in [-0.1, -0.05) is 49.9 Å². The Kier molecular flexibility index (Phi) is 4.57. The Labute approximate surface area is 104 Å². The quantitative estimate of drug-likeness (QED) is 0.788. The molecule has 1 unspecified atom stereocenters. The topological polar surface area (TPSA) is 46.2 Å². The third kappa shape index (κ3) is 3.30. The summed E-state index contributed by atoms with van der Waals surface area (Å²) in [6.45, 7) is 0.294. The second-order valence-corrected chi connectivity index (χ2v) is 5.11. The standard InChI is InChI=1S/C15H23NO/c16-11-15(17)14-9-7-13(8-10-14)12-5-3-1-2-4-6-12/h7-10,12,15,17H,1-6,11,16H2. The minimum absolute atomic E-state index is 0.294. The van der Waals surface area contributed by atoms with Crippen molar-refractivity contribution >= 4 is 0 Å². The van der Waals surface area contributed by atoms with Crippen LogP contribution in [0.25, 0.3) is 0 Å². The van der Waals surface area contributed by atoms with Gasteiger partial charge in [0, 0.05) is 6.54 Å². The fourth-order valence-electron chi connectivity index (χ4n) is 2.74. The maximum absolute atomic E-state index is 9.65. The van der Waals surface area contributed by atoms with Gasteiger partial charge in [0.15, 0.2) is 0 Å². The molecule has 0 aliphatic heterocycles. The lowest BCUT2D eigenvalue weighted by atomic mass is 9.91. The zero-order valence-electron chi connectivity index (χ0n) is 10.4. The van der Waals surface area contributed by atoms with Crippen LogP contribution < -0.4 is 5.73 Å². The van der Waals surface area contributed by atoms with Gasteiger partial charge in [-0.25, -0.2) is 0 Å². The summed E-state index contributed by atoms with van der Waals surface area (Å²) in [4.78, 5) is 0. The average Bonchev–Trinajstić information content (AvgIpc) is 2.67. The molecule has 1 saturated carbocycles. The first-order valence-corrected chi connectivity index (χ1v) is 6.79. The lowest BCUT2D eigenvalue weighted by Crippen LogP contribution is -2.11. The van der Waals surface area contributed by atoms with Gasteiger partial charge < -0.3 is 10.8 Å². The molecule has 0 saturated heterocycles. The maximum Gasteiger partial charge on any atom is 0.0912 e. The average molecular weight is 233 g/mol. The first-order valence-electron chi connectivity index (χ1n) is 6.79.